The minimum Gasteiger partial charge on any atom is -0.463 e. The van der Waals surface area contributed by atoms with Crippen LogP contribution in [0.15, 0.2) is 11.6 Å². The number of esters is 1. The predicted octanol–water partition coefficient (Wildman–Crippen LogP) is 2.49. The molecule has 0 spiro atoms. The number of hydrogen-bond donors (Lipinski definition) is 0. The van der Waals surface area contributed by atoms with Gasteiger partial charge in [0.2, 0.25) is 0 Å². The molecule has 0 bridgehead atoms. The number of rotatable bonds is 4. The van der Waals surface area contributed by atoms with Crippen molar-refractivity contribution in [3.8, 4) is 0 Å². The molecule has 2 saturated carbocycles. The Labute approximate surface area is 139 Å². The number of carbonyl (C=O) groups is 2. The third-order valence-electron chi connectivity index (χ3n) is 2.46. The Balaban J connectivity index is 0.000000562. The van der Waals surface area contributed by atoms with E-state index in [0.717, 1.165) is 0 Å². The summed E-state index contributed by atoms with van der Waals surface area (Å²) in [7, 11) is 0. The van der Waals surface area contributed by atoms with Gasteiger partial charge in [0.1, 0.15) is 0 Å². The largest absolute Gasteiger partial charge is 2.00 e. The quantitative estimate of drug-likeness (QED) is 0.453. The maximum absolute atomic E-state index is 11.7. The Kier molecular flexibility index (Phi) is 11.7. The standard InChI is InChI=1S/C12H13O3.C5H5.Fe/c1-3-15-11(13)8-9(2)12(14)10-6-4-5-7-10;1-2-4-5-3-1;/h4-8H,3H2,1-2H3;1-5H;/q;;+2/b9-8+;;. The van der Waals surface area contributed by atoms with Crippen molar-refractivity contribution < 1.29 is 31.4 Å². The van der Waals surface area contributed by atoms with E-state index in [4.69, 9.17) is 4.74 Å². The zero-order valence-electron chi connectivity index (χ0n) is 12.1. The van der Waals surface area contributed by atoms with Gasteiger partial charge in [0.25, 0.3) is 0 Å². The Hall–Kier alpha value is -0.601. The van der Waals surface area contributed by atoms with Crippen molar-refractivity contribution in [3.63, 3.8) is 0 Å². The summed E-state index contributed by atoms with van der Waals surface area (Å²) in [5.41, 5.74) is 0.389. The molecule has 0 amide bonds. The SMILES string of the molecule is CCOC(=O)/C=C(\C)C(=O)[C]1[CH][CH][CH][CH]1.[CH]1[CH][CH][CH][CH]1.[Fe+2]. The molecular formula is C17H18FeO3+2. The molecule has 110 valence electrons. The second-order valence-electron chi connectivity index (χ2n) is 4.04. The molecule has 0 aliphatic heterocycles. The Bertz CT molecular complexity index is 332. The summed E-state index contributed by atoms with van der Waals surface area (Å²) in [6.07, 6.45) is 18.2. The number of ether oxygens (including phenoxy) is 1. The summed E-state index contributed by atoms with van der Waals surface area (Å²) in [5.74, 6) is -0.0315. The first-order chi connectivity index (χ1) is 9.65. The van der Waals surface area contributed by atoms with E-state index in [1.807, 2.05) is 32.1 Å². The number of hydrogen-bond acceptors (Lipinski definition) is 3. The fourth-order valence-corrected chi connectivity index (χ4v) is 1.50. The van der Waals surface area contributed by atoms with Crippen LogP contribution in [0, 0.1) is 63.7 Å². The van der Waals surface area contributed by atoms with Gasteiger partial charge >= 0.3 is 23.0 Å². The second-order valence-corrected chi connectivity index (χ2v) is 4.04. The van der Waals surface area contributed by atoms with Crippen molar-refractivity contribution in [1.82, 2.24) is 0 Å². The molecule has 10 radical (unpaired) electrons. The average Bonchev–Trinajstić information content (AvgIpc) is 3.13. The van der Waals surface area contributed by atoms with Crippen LogP contribution in [-0.2, 0) is 31.4 Å². The van der Waals surface area contributed by atoms with E-state index in [0.29, 0.717) is 18.1 Å². The third-order valence-corrected chi connectivity index (χ3v) is 2.46. The van der Waals surface area contributed by atoms with E-state index in [1.165, 1.54) is 6.08 Å². The van der Waals surface area contributed by atoms with Gasteiger partial charge in [-0.15, -0.1) is 0 Å². The normalized spacial score (nSPS) is 18.5. The number of Topliss-reactive ketones (excluding diaryl/α,β-unsaturated/α-hetero) is 1. The average molecular weight is 326 g/mol. The Morgan fingerprint density at radius 1 is 1.00 bits per heavy atom. The molecule has 0 atom stereocenters. The molecule has 2 aliphatic carbocycles. The molecule has 0 aromatic rings. The second kappa shape index (κ2) is 12.0. The first-order valence-electron chi connectivity index (χ1n) is 6.43. The fourth-order valence-electron chi connectivity index (χ4n) is 1.50. The first-order valence-corrected chi connectivity index (χ1v) is 6.43. The number of ketones is 1. The summed E-state index contributed by atoms with van der Waals surface area (Å²) in [6, 6.07) is 0. The van der Waals surface area contributed by atoms with Gasteiger partial charge in [-0.3, -0.25) is 4.79 Å². The monoisotopic (exact) mass is 326 g/mol. The molecule has 0 unspecified atom stereocenters. The first kappa shape index (κ1) is 20.4. The summed E-state index contributed by atoms with van der Waals surface area (Å²) < 4.78 is 4.71. The Morgan fingerprint density at radius 3 is 1.90 bits per heavy atom. The number of allylic oxidation sites excluding steroid dienone is 1. The molecule has 0 N–H and O–H groups in total. The molecule has 0 aromatic heterocycles. The van der Waals surface area contributed by atoms with Crippen LogP contribution in [0.3, 0.4) is 0 Å². The molecule has 21 heavy (non-hydrogen) atoms. The van der Waals surface area contributed by atoms with Crippen molar-refractivity contribution in [3.05, 3.63) is 75.4 Å². The van der Waals surface area contributed by atoms with E-state index in [1.54, 1.807) is 39.5 Å². The van der Waals surface area contributed by atoms with Crippen LogP contribution in [-0.4, -0.2) is 18.4 Å². The van der Waals surface area contributed by atoms with Gasteiger partial charge in [-0.1, -0.05) is 0 Å². The Morgan fingerprint density at radius 2 is 1.48 bits per heavy atom. The minimum atomic E-state index is -0.477. The maximum atomic E-state index is 11.7. The van der Waals surface area contributed by atoms with E-state index < -0.39 is 5.97 Å². The minimum absolute atomic E-state index is 0. The molecular weight excluding hydrogens is 308 g/mol. The molecule has 2 aliphatic rings. The summed E-state index contributed by atoms with van der Waals surface area (Å²) in [4.78, 5) is 22.7. The smallest absolute Gasteiger partial charge is 0.463 e. The number of carbonyl (C=O) groups excluding carboxylic acids is 2. The van der Waals surface area contributed by atoms with Crippen LogP contribution in [0.25, 0.3) is 0 Å². The van der Waals surface area contributed by atoms with Gasteiger partial charge in [-0.2, -0.15) is 0 Å². The molecule has 0 heterocycles. The van der Waals surface area contributed by atoms with Crippen LogP contribution in [0.2, 0.25) is 0 Å². The fraction of sp³-hybridized carbons (Fsp3) is 0.176. The molecule has 0 aromatic carbocycles. The summed E-state index contributed by atoms with van der Waals surface area (Å²) >= 11 is 0. The van der Waals surface area contributed by atoms with Crippen LogP contribution in [0.4, 0.5) is 0 Å². The van der Waals surface area contributed by atoms with Crippen molar-refractivity contribution in [2.75, 3.05) is 6.61 Å². The molecule has 4 heteroatoms. The van der Waals surface area contributed by atoms with Gasteiger partial charge in [0, 0.05) is 6.08 Å². The van der Waals surface area contributed by atoms with Gasteiger partial charge in [0.05, 0.1) is 12.5 Å². The van der Waals surface area contributed by atoms with Gasteiger partial charge in [-0.05, 0) is 77.2 Å². The molecule has 2 rings (SSSR count). The van der Waals surface area contributed by atoms with Gasteiger partial charge in [0.15, 0.2) is 5.78 Å². The third kappa shape index (κ3) is 8.43. The van der Waals surface area contributed by atoms with Crippen molar-refractivity contribution in [2.24, 2.45) is 0 Å². The zero-order valence-corrected chi connectivity index (χ0v) is 13.2. The molecule has 2 fully saturated rings. The van der Waals surface area contributed by atoms with Crippen LogP contribution < -0.4 is 0 Å². The summed E-state index contributed by atoms with van der Waals surface area (Å²) in [5, 5.41) is 0. The van der Waals surface area contributed by atoms with E-state index in [2.05, 4.69) is 0 Å². The van der Waals surface area contributed by atoms with E-state index >= 15 is 0 Å². The predicted molar refractivity (Wildman–Crippen MR) is 77.3 cm³/mol. The topological polar surface area (TPSA) is 43.4 Å². The van der Waals surface area contributed by atoms with Gasteiger partial charge < -0.3 is 4.74 Å². The van der Waals surface area contributed by atoms with Crippen LogP contribution in [0.1, 0.15) is 13.8 Å². The van der Waals surface area contributed by atoms with Crippen molar-refractivity contribution in [1.29, 1.82) is 0 Å². The van der Waals surface area contributed by atoms with E-state index in [9.17, 15) is 9.59 Å². The van der Waals surface area contributed by atoms with Crippen LogP contribution in [0.5, 0.6) is 0 Å². The maximum Gasteiger partial charge on any atom is 2.00 e. The van der Waals surface area contributed by atoms with Crippen LogP contribution >= 0.6 is 0 Å². The van der Waals surface area contributed by atoms with E-state index in [-0.39, 0.29) is 22.9 Å². The van der Waals surface area contributed by atoms with Crippen molar-refractivity contribution in [2.45, 2.75) is 13.8 Å². The zero-order chi connectivity index (χ0) is 14.8. The van der Waals surface area contributed by atoms with Crippen molar-refractivity contribution >= 4 is 11.8 Å². The molecule has 3 nitrogen and oxygen atoms in total. The molecule has 0 saturated heterocycles. The summed E-state index contributed by atoms with van der Waals surface area (Å²) in [6.45, 7) is 3.64. The van der Waals surface area contributed by atoms with Gasteiger partial charge in [-0.25, -0.2) is 4.79 Å².